The van der Waals surface area contributed by atoms with Crippen LogP contribution in [0.3, 0.4) is 0 Å². The number of hydrogen-bond donors (Lipinski definition) is 1. The van der Waals surface area contributed by atoms with Crippen molar-refractivity contribution in [3.8, 4) is 5.75 Å². The molecule has 0 bridgehead atoms. The van der Waals surface area contributed by atoms with Crippen molar-refractivity contribution in [1.29, 1.82) is 0 Å². The van der Waals surface area contributed by atoms with Gasteiger partial charge in [0.1, 0.15) is 11.5 Å². The summed E-state index contributed by atoms with van der Waals surface area (Å²) in [6.07, 6.45) is 3.07. The van der Waals surface area contributed by atoms with E-state index >= 15 is 0 Å². The largest absolute Gasteiger partial charge is 0.507 e. The number of pyridine rings is 1. The quantitative estimate of drug-likeness (QED) is 0.290. The Hall–Kier alpha value is -3.06. The Kier molecular flexibility index (Phi) is 6.11. The Morgan fingerprint density at radius 2 is 1.66 bits per heavy atom. The van der Waals surface area contributed by atoms with Gasteiger partial charge in [-0.15, -0.1) is 0 Å². The van der Waals surface area contributed by atoms with Crippen molar-refractivity contribution in [2.24, 2.45) is 0 Å². The highest BCUT2D eigenvalue weighted by molar-refractivity contribution is 6.52. The van der Waals surface area contributed by atoms with Crippen LogP contribution in [0.15, 0.2) is 66.5 Å². The highest BCUT2D eigenvalue weighted by Crippen LogP contribution is 2.44. The van der Waals surface area contributed by atoms with Gasteiger partial charge in [0.25, 0.3) is 11.7 Å². The monoisotopic (exact) mass is 488 g/mol. The number of aliphatic hydroxyl groups excluding tert-OH is 1. The lowest BCUT2D eigenvalue weighted by atomic mass is 9.95. The number of amides is 1. The van der Waals surface area contributed by atoms with Crippen molar-refractivity contribution in [2.45, 2.75) is 6.04 Å². The van der Waals surface area contributed by atoms with Gasteiger partial charge in [-0.3, -0.25) is 19.5 Å². The van der Waals surface area contributed by atoms with Crippen LogP contribution in [0.1, 0.15) is 17.2 Å². The van der Waals surface area contributed by atoms with Gasteiger partial charge in [-0.1, -0.05) is 34.8 Å². The highest BCUT2D eigenvalue weighted by atomic mass is 35.5. The molecular weight excluding hydrogens is 475 g/mol. The molecule has 2 heterocycles. The predicted octanol–water partition coefficient (Wildman–Crippen LogP) is 5.68. The number of aliphatic hydroxyl groups is 1. The Morgan fingerprint density at radius 1 is 1.00 bits per heavy atom. The van der Waals surface area contributed by atoms with E-state index in [2.05, 4.69) is 4.98 Å². The lowest BCUT2D eigenvalue weighted by Crippen LogP contribution is -2.29. The average molecular weight is 490 g/mol. The van der Waals surface area contributed by atoms with E-state index in [0.717, 1.165) is 0 Å². The number of aromatic nitrogens is 1. The summed E-state index contributed by atoms with van der Waals surface area (Å²) in [5, 5.41) is 12.1. The normalized spacial score (nSPS) is 17.6. The maximum Gasteiger partial charge on any atom is 0.300 e. The molecule has 1 atom stereocenters. The fourth-order valence-corrected chi connectivity index (χ4v) is 4.35. The minimum Gasteiger partial charge on any atom is -0.507 e. The molecule has 6 nitrogen and oxygen atoms in total. The molecule has 3 aromatic rings. The van der Waals surface area contributed by atoms with Crippen LogP contribution >= 0.6 is 34.8 Å². The molecule has 0 aliphatic carbocycles. The maximum atomic E-state index is 13.2. The Morgan fingerprint density at radius 3 is 2.28 bits per heavy atom. The summed E-state index contributed by atoms with van der Waals surface area (Å²) in [6, 6.07) is 11.7. The number of carbonyl (C=O) groups excluding carboxylic acids is 2. The van der Waals surface area contributed by atoms with E-state index in [1.54, 1.807) is 36.4 Å². The predicted molar refractivity (Wildman–Crippen MR) is 123 cm³/mol. The van der Waals surface area contributed by atoms with E-state index < -0.39 is 23.5 Å². The van der Waals surface area contributed by atoms with Gasteiger partial charge in [0.15, 0.2) is 0 Å². The van der Waals surface area contributed by atoms with Crippen molar-refractivity contribution in [2.75, 3.05) is 12.0 Å². The molecule has 1 saturated heterocycles. The van der Waals surface area contributed by atoms with Crippen molar-refractivity contribution >= 4 is 57.9 Å². The molecule has 32 heavy (non-hydrogen) atoms. The highest BCUT2D eigenvalue weighted by Gasteiger charge is 2.47. The van der Waals surface area contributed by atoms with E-state index in [0.29, 0.717) is 16.3 Å². The van der Waals surface area contributed by atoms with Gasteiger partial charge in [0.2, 0.25) is 0 Å². The van der Waals surface area contributed by atoms with E-state index in [4.69, 9.17) is 39.5 Å². The average Bonchev–Trinajstić information content (AvgIpc) is 3.04. The maximum absolute atomic E-state index is 13.2. The summed E-state index contributed by atoms with van der Waals surface area (Å²) in [5.74, 6) is -2.00. The standard InChI is InChI=1S/C23H15Cl3N2O4/c1-32-22-16(10-14(25)11-17(22)26)20(29)18-19(12-6-8-27-9-7-12)28(23(31)21(18)30)15-4-2-13(24)3-5-15/h2-11,19,29H,1H3/b20-18+. The third-order valence-corrected chi connectivity index (χ3v) is 5.79. The van der Waals surface area contributed by atoms with Crippen LogP contribution in [-0.2, 0) is 9.59 Å². The second-order valence-electron chi connectivity index (χ2n) is 6.89. The van der Waals surface area contributed by atoms with Gasteiger partial charge in [-0.25, -0.2) is 0 Å². The first-order valence-corrected chi connectivity index (χ1v) is 10.5. The summed E-state index contributed by atoms with van der Waals surface area (Å²) in [6.45, 7) is 0. The molecule has 1 unspecified atom stereocenters. The summed E-state index contributed by atoms with van der Waals surface area (Å²) in [5.41, 5.74) is 0.974. The summed E-state index contributed by atoms with van der Waals surface area (Å²) in [7, 11) is 1.37. The first-order valence-electron chi connectivity index (χ1n) is 9.33. The Bertz CT molecular complexity index is 1240. The number of ketones is 1. The van der Waals surface area contributed by atoms with Crippen molar-refractivity contribution in [3.63, 3.8) is 0 Å². The first-order chi connectivity index (χ1) is 15.3. The second kappa shape index (κ2) is 8.82. The van der Waals surface area contributed by atoms with Gasteiger partial charge in [-0.05, 0) is 54.1 Å². The molecule has 0 radical (unpaired) electrons. The van der Waals surface area contributed by atoms with Gasteiger partial charge < -0.3 is 9.84 Å². The fraction of sp³-hybridized carbons (Fsp3) is 0.0870. The summed E-state index contributed by atoms with van der Waals surface area (Å²) >= 11 is 18.3. The number of carbonyl (C=O) groups is 2. The molecule has 4 rings (SSSR count). The van der Waals surface area contributed by atoms with Crippen LogP contribution in [0, 0.1) is 0 Å². The number of halogens is 3. The van der Waals surface area contributed by atoms with Crippen molar-refractivity contribution < 1.29 is 19.4 Å². The molecular formula is C23H15Cl3N2O4. The SMILES string of the molecule is COc1c(Cl)cc(Cl)cc1/C(O)=C1\C(=O)C(=O)N(c2ccc(Cl)cc2)C1c1ccncc1. The van der Waals surface area contributed by atoms with Crippen LogP contribution in [0.5, 0.6) is 5.75 Å². The van der Waals surface area contributed by atoms with E-state index in [-0.39, 0.29) is 26.9 Å². The zero-order valence-corrected chi connectivity index (χ0v) is 18.8. The molecule has 9 heteroatoms. The van der Waals surface area contributed by atoms with Gasteiger partial charge in [0.05, 0.1) is 29.3 Å². The number of methoxy groups -OCH3 is 1. The minimum atomic E-state index is -0.929. The molecule has 2 aromatic carbocycles. The van der Waals surface area contributed by atoms with E-state index in [1.807, 2.05) is 0 Å². The van der Waals surface area contributed by atoms with Gasteiger partial charge >= 0.3 is 0 Å². The molecule has 1 aliphatic rings. The third-order valence-electron chi connectivity index (χ3n) is 5.04. The molecule has 1 N–H and O–H groups in total. The summed E-state index contributed by atoms with van der Waals surface area (Å²) in [4.78, 5) is 31.6. The number of rotatable bonds is 4. The summed E-state index contributed by atoms with van der Waals surface area (Å²) < 4.78 is 5.32. The number of Topliss-reactive ketones (excluding diaryl/α,β-unsaturated/α-hetero) is 1. The zero-order valence-electron chi connectivity index (χ0n) is 16.6. The van der Waals surface area contributed by atoms with Crippen LogP contribution in [0.4, 0.5) is 5.69 Å². The molecule has 162 valence electrons. The smallest absolute Gasteiger partial charge is 0.300 e. The van der Waals surface area contributed by atoms with Crippen molar-refractivity contribution in [1.82, 2.24) is 4.98 Å². The number of hydrogen-bond acceptors (Lipinski definition) is 5. The lowest BCUT2D eigenvalue weighted by molar-refractivity contribution is -0.132. The van der Waals surface area contributed by atoms with E-state index in [1.165, 1.54) is 36.5 Å². The topological polar surface area (TPSA) is 79.7 Å². The van der Waals surface area contributed by atoms with Crippen molar-refractivity contribution in [3.05, 3.63) is 92.7 Å². The Labute approximate surface area is 198 Å². The minimum absolute atomic E-state index is 0.0955. The molecule has 1 aliphatic heterocycles. The number of benzene rings is 2. The molecule has 1 aromatic heterocycles. The molecule has 1 fully saturated rings. The van der Waals surface area contributed by atoms with Crippen LogP contribution < -0.4 is 9.64 Å². The molecule has 1 amide bonds. The lowest BCUT2D eigenvalue weighted by Gasteiger charge is -2.25. The first kappa shape index (κ1) is 22.1. The zero-order chi connectivity index (χ0) is 23.0. The molecule has 0 spiro atoms. The van der Waals surface area contributed by atoms with Gasteiger partial charge in [-0.2, -0.15) is 0 Å². The van der Waals surface area contributed by atoms with Crippen LogP contribution in [0.2, 0.25) is 15.1 Å². The van der Waals surface area contributed by atoms with Crippen LogP contribution in [0.25, 0.3) is 5.76 Å². The third kappa shape index (κ3) is 3.81. The van der Waals surface area contributed by atoms with E-state index in [9.17, 15) is 14.7 Å². The number of anilines is 1. The fourth-order valence-electron chi connectivity index (χ4n) is 3.65. The van der Waals surface area contributed by atoms with Crippen LogP contribution in [-0.4, -0.2) is 28.9 Å². The second-order valence-corrected chi connectivity index (χ2v) is 8.17. The molecule has 0 saturated carbocycles. The number of ether oxygens (including phenoxy) is 1. The Balaban J connectivity index is 1.99. The number of nitrogens with zero attached hydrogens (tertiary/aromatic N) is 2. The van der Waals surface area contributed by atoms with Gasteiger partial charge in [0, 0.05) is 28.1 Å².